The van der Waals surface area contributed by atoms with Crippen LogP contribution < -0.4 is 0 Å². The largest absolute Gasteiger partial charge is 0.373 e. The van der Waals surface area contributed by atoms with Crippen LogP contribution in [0.5, 0.6) is 0 Å². The number of aromatic nitrogens is 2. The topological polar surface area (TPSA) is 38.0 Å². The minimum absolute atomic E-state index is 0.0585. The monoisotopic (exact) mass is 332 g/mol. The van der Waals surface area contributed by atoms with Crippen LogP contribution >= 0.6 is 0 Å². The number of hydrogen-bond donors (Lipinski definition) is 1. The van der Waals surface area contributed by atoms with Crippen molar-refractivity contribution in [1.82, 2.24) is 9.55 Å². The first-order chi connectivity index (χ1) is 11.9. The summed E-state index contributed by atoms with van der Waals surface area (Å²) in [6.45, 7) is 10.4. The Hall–Kier alpha value is -2.65. The van der Waals surface area contributed by atoms with Crippen LogP contribution in [0.3, 0.4) is 0 Å². The molecular weight excluding hydrogens is 308 g/mol. The van der Waals surface area contributed by atoms with E-state index in [1.807, 2.05) is 42.5 Å². The van der Waals surface area contributed by atoms with Crippen LogP contribution in [0.4, 0.5) is 0 Å². The third-order valence-electron chi connectivity index (χ3n) is 4.55. The number of hydrogen-bond acceptors (Lipinski definition) is 2. The van der Waals surface area contributed by atoms with Gasteiger partial charge in [0.15, 0.2) is 11.4 Å². The molecule has 0 amide bonds. The summed E-state index contributed by atoms with van der Waals surface area (Å²) in [4.78, 5) is 4.42. The predicted octanol–water partition coefficient (Wildman–Crippen LogP) is 4.57. The lowest BCUT2D eigenvalue weighted by Crippen LogP contribution is -2.32. The van der Waals surface area contributed by atoms with Crippen LogP contribution in [0.1, 0.15) is 43.3 Å². The van der Waals surface area contributed by atoms with Gasteiger partial charge in [0, 0.05) is 18.6 Å². The van der Waals surface area contributed by atoms with Crippen molar-refractivity contribution >= 4 is 6.20 Å². The van der Waals surface area contributed by atoms with Gasteiger partial charge < -0.3 is 9.67 Å². The molecule has 0 spiro atoms. The Morgan fingerprint density at radius 1 is 0.920 bits per heavy atom. The molecule has 3 heteroatoms. The van der Waals surface area contributed by atoms with Gasteiger partial charge in [-0.25, -0.2) is 4.98 Å². The SMILES string of the molecule is C=Cn1ccnc1[C@@](O)(c1ccccc1)c1ccc(C(C)(C)C)cc1. The van der Waals surface area contributed by atoms with E-state index in [4.69, 9.17) is 0 Å². The molecule has 0 aliphatic heterocycles. The van der Waals surface area contributed by atoms with Gasteiger partial charge in [-0.15, -0.1) is 0 Å². The van der Waals surface area contributed by atoms with Crippen molar-refractivity contribution in [2.45, 2.75) is 31.8 Å². The van der Waals surface area contributed by atoms with Gasteiger partial charge >= 0.3 is 0 Å². The predicted molar refractivity (Wildman–Crippen MR) is 102 cm³/mol. The summed E-state index contributed by atoms with van der Waals surface area (Å²) in [6.07, 6.45) is 5.12. The van der Waals surface area contributed by atoms with Crippen LogP contribution in [-0.4, -0.2) is 14.7 Å². The van der Waals surface area contributed by atoms with E-state index in [2.05, 4.69) is 44.5 Å². The Morgan fingerprint density at radius 2 is 1.48 bits per heavy atom. The second-order valence-corrected chi connectivity index (χ2v) is 7.24. The van der Waals surface area contributed by atoms with Gasteiger partial charge in [0.25, 0.3) is 0 Å². The number of rotatable bonds is 4. The van der Waals surface area contributed by atoms with Gasteiger partial charge in [0.2, 0.25) is 0 Å². The van der Waals surface area contributed by atoms with Gasteiger partial charge in [-0.1, -0.05) is 81.9 Å². The molecule has 1 aromatic heterocycles. The smallest absolute Gasteiger partial charge is 0.173 e. The lowest BCUT2D eigenvalue weighted by atomic mass is 9.82. The third-order valence-corrected chi connectivity index (χ3v) is 4.55. The van der Waals surface area contributed by atoms with E-state index < -0.39 is 5.60 Å². The first kappa shape index (κ1) is 17.2. The Kier molecular flexibility index (Phi) is 4.36. The molecule has 0 bridgehead atoms. The fourth-order valence-corrected chi connectivity index (χ4v) is 3.06. The highest BCUT2D eigenvalue weighted by Gasteiger charge is 2.37. The summed E-state index contributed by atoms with van der Waals surface area (Å²) in [6, 6.07) is 17.7. The van der Waals surface area contributed by atoms with Gasteiger partial charge in [0.05, 0.1) is 0 Å². The maximum absolute atomic E-state index is 11.8. The van der Waals surface area contributed by atoms with Gasteiger partial charge in [-0.3, -0.25) is 0 Å². The molecule has 3 aromatic rings. The van der Waals surface area contributed by atoms with Crippen molar-refractivity contribution in [3.63, 3.8) is 0 Å². The highest BCUT2D eigenvalue weighted by atomic mass is 16.3. The molecule has 0 radical (unpaired) electrons. The molecule has 128 valence electrons. The average molecular weight is 332 g/mol. The van der Waals surface area contributed by atoms with E-state index in [1.165, 1.54) is 5.56 Å². The molecule has 0 unspecified atom stereocenters. The number of nitrogens with zero attached hydrogens (tertiary/aromatic N) is 2. The zero-order valence-corrected chi connectivity index (χ0v) is 15.0. The van der Waals surface area contributed by atoms with Crippen molar-refractivity contribution in [1.29, 1.82) is 0 Å². The maximum atomic E-state index is 11.8. The van der Waals surface area contributed by atoms with E-state index in [0.717, 1.165) is 11.1 Å². The van der Waals surface area contributed by atoms with Crippen molar-refractivity contribution < 1.29 is 5.11 Å². The lowest BCUT2D eigenvalue weighted by Gasteiger charge is -2.30. The summed E-state index contributed by atoms with van der Waals surface area (Å²) in [7, 11) is 0. The van der Waals surface area contributed by atoms with Crippen LogP contribution in [0.15, 0.2) is 73.6 Å². The Morgan fingerprint density at radius 3 is 2.04 bits per heavy atom. The summed E-state index contributed by atoms with van der Waals surface area (Å²) in [5, 5.41) is 11.8. The fourth-order valence-electron chi connectivity index (χ4n) is 3.06. The molecular formula is C22H24N2O. The van der Waals surface area contributed by atoms with Crippen molar-refractivity contribution in [2.75, 3.05) is 0 Å². The standard InChI is InChI=1S/C22H24N2O/c1-5-24-16-15-23-20(24)22(25,18-9-7-6-8-10-18)19-13-11-17(12-14-19)21(2,3)4/h5-16,25H,1H2,2-4H3/t22-/m1/s1. The summed E-state index contributed by atoms with van der Waals surface area (Å²) in [5.41, 5.74) is 1.48. The Labute approximate surface area is 149 Å². The van der Waals surface area contributed by atoms with E-state index in [9.17, 15) is 5.11 Å². The summed E-state index contributed by atoms with van der Waals surface area (Å²) in [5.74, 6) is 0.525. The second-order valence-electron chi connectivity index (χ2n) is 7.24. The average Bonchev–Trinajstić information content (AvgIpc) is 3.10. The molecule has 0 aliphatic rings. The van der Waals surface area contributed by atoms with E-state index >= 15 is 0 Å². The first-order valence-electron chi connectivity index (χ1n) is 8.42. The maximum Gasteiger partial charge on any atom is 0.173 e. The second kappa shape index (κ2) is 6.34. The summed E-state index contributed by atoms with van der Waals surface area (Å²) >= 11 is 0. The van der Waals surface area contributed by atoms with Gasteiger partial charge in [0.1, 0.15) is 0 Å². The Balaban J connectivity index is 2.21. The molecule has 2 aromatic carbocycles. The highest BCUT2D eigenvalue weighted by molar-refractivity contribution is 5.45. The molecule has 3 nitrogen and oxygen atoms in total. The van der Waals surface area contributed by atoms with Crippen LogP contribution in [0.2, 0.25) is 0 Å². The van der Waals surface area contributed by atoms with Crippen LogP contribution in [0.25, 0.3) is 6.20 Å². The van der Waals surface area contributed by atoms with E-state index in [1.54, 1.807) is 23.2 Å². The Bertz CT molecular complexity index is 857. The zero-order chi connectivity index (χ0) is 18.1. The molecule has 0 saturated heterocycles. The van der Waals surface area contributed by atoms with E-state index in [-0.39, 0.29) is 5.41 Å². The van der Waals surface area contributed by atoms with Crippen molar-refractivity contribution in [3.8, 4) is 0 Å². The van der Waals surface area contributed by atoms with E-state index in [0.29, 0.717) is 5.82 Å². The van der Waals surface area contributed by atoms with Gasteiger partial charge in [-0.2, -0.15) is 0 Å². The van der Waals surface area contributed by atoms with Crippen molar-refractivity contribution in [2.24, 2.45) is 0 Å². The number of imidazole rings is 1. The minimum atomic E-state index is -1.35. The molecule has 1 N–H and O–H groups in total. The number of benzene rings is 2. The normalized spacial score (nSPS) is 14.1. The lowest BCUT2D eigenvalue weighted by molar-refractivity contribution is 0.114. The third kappa shape index (κ3) is 3.03. The number of aliphatic hydroxyl groups is 1. The van der Waals surface area contributed by atoms with Crippen LogP contribution in [-0.2, 0) is 11.0 Å². The van der Waals surface area contributed by atoms with Crippen LogP contribution in [0, 0.1) is 0 Å². The molecule has 3 rings (SSSR count). The summed E-state index contributed by atoms with van der Waals surface area (Å²) < 4.78 is 1.75. The van der Waals surface area contributed by atoms with Crippen molar-refractivity contribution in [3.05, 3.63) is 96.1 Å². The first-order valence-corrected chi connectivity index (χ1v) is 8.42. The molecule has 0 saturated carbocycles. The molecule has 0 aliphatic carbocycles. The quantitative estimate of drug-likeness (QED) is 0.760. The fraction of sp³-hybridized carbons (Fsp3) is 0.227. The molecule has 1 heterocycles. The zero-order valence-electron chi connectivity index (χ0n) is 15.0. The molecule has 1 atom stereocenters. The highest BCUT2D eigenvalue weighted by Crippen LogP contribution is 2.36. The van der Waals surface area contributed by atoms with Gasteiger partial charge in [-0.05, 0) is 22.1 Å². The minimum Gasteiger partial charge on any atom is -0.373 e. The molecule has 25 heavy (non-hydrogen) atoms. The molecule has 0 fully saturated rings.